The number of esters is 1. The summed E-state index contributed by atoms with van der Waals surface area (Å²) < 4.78 is 22.9. The fourth-order valence-electron chi connectivity index (χ4n) is 2.89. The summed E-state index contributed by atoms with van der Waals surface area (Å²) in [6.07, 6.45) is 1.29. The van der Waals surface area contributed by atoms with Gasteiger partial charge in [0.2, 0.25) is 0 Å². The fourth-order valence-corrected chi connectivity index (χ4v) is 2.89. The van der Waals surface area contributed by atoms with E-state index < -0.39 is 35.8 Å². The van der Waals surface area contributed by atoms with Crippen molar-refractivity contribution in [1.29, 1.82) is 0 Å². The second kappa shape index (κ2) is 8.47. The number of non-ortho nitro benzene ring substituents is 1. The lowest BCUT2D eigenvalue weighted by Crippen LogP contribution is -2.38. The molecule has 1 aliphatic heterocycles. The molecule has 2 aromatic carbocycles. The van der Waals surface area contributed by atoms with E-state index in [0.717, 1.165) is 0 Å². The molecule has 0 N–H and O–H groups in total. The highest BCUT2D eigenvalue weighted by atomic mass is 19.1. The molecule has 0 saturated carbocycles. The van der Waals surface area contributed by atoms with Crippen LogP contribution >= 0.6 is 0 Å². The van der Waals surface area contributed by atoms with Crippen LogP contribution in [0.5, 0.6) is 5.75 Å². The minimum absolute atomic E-state index is 0.0302. The molecule has 0 saturated heterocycles. The number of ether oxygens (including phenoxy) is 2. The van der Waals surface area contributed by atoms with Crippen molar-refractivity contribution in [2.24, 2.45) is 0 Å². The molecule has 146 valence electrons. The smallest absolute Gasteiger partial charge is 0.344 e. The maximum atomic E-state index is 12.8. The number of carbonyl (C=O) groups is 2. The van der Waals surface area contributed by atoms with Crippen LogP contribution in [-0.4, -0.2) is 36.6 Å². The average Bonchev–Trinajstić information content (AvgIpc) is 2.70. The molecule has 0 radical (unpaired) electrons. The van der Waals surface area contributed by atoms with Gasteiger partial charge in [0.1, 0.15) is 11.6 Å². The van der Waals surface area contributed by atoms with Crippen LogP contribution in [0, 0.1) is 15.9 Å². The number of aryl methyl sites for hydroxylation is 1. The van der Waals surface area contributed by atoms with Gasteiger partial charge in [-0.1, -0.05) is 0 Å². The summed E-state index contributed by atoms with van der Waals surface area (Å²) in [5.41, 5.74) is 1.26. The molecule has 3 rings (SSSR count). The number of rotatable bonds is 6. The maximum absolute atomic E-state index is 12.8. The highest BCUT2D eigenvalue weighted by molar-refractivity contribution is 5.96. The molecule has 0 atom stereocenters. The Labute approximate surface area is 159 Å². The molecule has 9 heteroatoms. The maximum Gasteiger partial charge on any atom is 0.344 e. The molecule has 0 bridgehead atoms. The minimum Gasteiger partial charge on any atom is -0.482 e. The lowest BCUT2D eigenvalue weighted by molar-refractivity contribution is -0.384. The molecule has 0 fully saturated rings. The van der Waals surface area contributed by atoms with Gasteiger partial charge in [-0.3, -0.25) is 14.9 Å². The summed E-state index contributed by atoms with van der Waals surface area (Å²) in [6, 6.07) is 9.47. The summed E-state index contributed by atoms with van der Waals surface area (Å²) in [5, 5.41) is 10.9. The number of amides is 1. The summed E-state index contributed by atoms with van der Waals surface area (Å²) in [5.74, 6) is -1.28. The lowest BCUT2D eigenvalue weighted by atomic mass is 10.0. The number of nitrogens with zero attached hydrogens (tertiary/aromatic N) is 2. The molecule has 1 heterocycles. The van der Waals surface area contributed by atoms with Crippen molar-refractivity contribution in [2.45, 2.75) is 12.8 Å². The lowest BCUT2D eigenvalue weighted by Gasteiger charge is -2.29. The number of nitro groups is 1. The van der Waals surface area contributed by atoms with Crippen LogP contribution in [0.15, 0.2) is 42.5 Å². The van der Waals surface area contributed by atoms with Crippen molar-refractivity contribution < 1.29 is 28.4 Å². The van der Waals surface area contributed by atoms with E-state index in [2.05, 4.69) is 0 Å². The Morgan fingerprint density at radius 3 is 2.61 bits per heavy atom. The molecule has 28 heavy (non-hydrogen) atoms. The van der Waals surface area contributed by atoms with E-state index in [4.69, 9.17) is 9.47 Å². The zero-order chi connectivity index (χ0) is 20.1. The second-order valence-corrected chi connectivity index (χ2v) is 6.12. The van der Waals surface area contributed by atoms with Gasteiger partial charge < -0.3 is 14.4 Å². The van der Waals surface area contributed by atoms with Gasteiger partial charge in [-0.05, 0) is 48.7 Å². The minimum atomic E-state index is -0.737. The number of hydrogen-bond donors (Lipinski definition) is 0. The number of halogens is 1. The predicted molar refractivity (Wildman–Crippen MR) is 96.6 cm³/mol. The monoisotopic (exact) mass is 388 g/mol. The number of hydrogen-bond acceptors (Lipinski definition) is 6. The Morgan fingerprint density at radius 1 is 1.14 bits per heavy atom. The van der Waals surface area contributed by atoms with Crippen LogP contribution in [0.4, 0.5) is 15.8 Å². The van der Waals surface area contributed by atoms with E-state index in [1.54, 1.807) is 0 Å². The normalized spacial score (nSPS) is 12.8. The summed E-state index contributed by atoms with van der Waals surface area (Å²) >= 11 is 0. The largest absolute Gasteiger partial charge is 0.482 e. The molecule has 0 aliphatic carbocycles. The topological polar surface area (TPSA) is 99.0 Å². The summed E-state index contributed by atoms with van der Waals surface area (Å²) in [7, 11) is 0. The molecule has 2 aromatic rings. The van der Waals surface area contributed by atoms with Crippen LogP contribution in [0.1, 0.15) is 12.0 Å². The number of nitro benzene ring substituents is 1. The fraction of sp³-hybridized carbons (Fsp3) is 0.263. The summed E-state index contributed by atoms with van der Waals surface area (Å²) in [4.78, 5) is 36.1. The molecule has 8 nitrogen and oxygen atoms in total. The van der Waals surface area contributed by atoms with Gasteiger partial charge >= 0.3 is 5.97 Å². The molecule has 1 amide bonds. The average molecular weight is 388 g/mol. The van der Waals surface area contributed by atoms with Gasteiger partial charge in [0.15, 0.2) is 13.2 Å². The third-order valence-corrected chi connectivity index (χ3v) is 4.22. The van der Waals surface area contributed by atoms with Crippen molar-refractivity contribution in [3.63, 3.8) is 0 Å². The Balaban J connectivity index is 1.54. The Hall–Kier alpha value is -3.49. The van der Waals surface area contributed by atoms with Gasteiger partial charge in [0.25, 0.3) is 11.6 Å². The SMILES string of the molecule is O=C(COc1ccc(F)cc1)OCC(=O)N1CCCc2cc([N+](=O)[O-])ccc21. The number of carbonyl (C=O) groups excluding carboxylic acids is 2. The summed E-state index contributed by atoms with van der Waals surface area (Å²) in [6.45, 7) is -0.447. The zero-order valence-corrected chi connectivity index (χ0v) is 14.8. The van der Waals surface area contributed by atoms with Crippen LogP contribution in [0.2, 0.25) is 0 Å². The van der Waals surface area contributed by atoms with E-state index in [1.807, 2.05) is 0 Å². The van der Waals surface area contributed by atoms with Gasteiger partial charge in [0, 0.05) is 24.4 Å². The van der Waals surface area contributed by atoms with Crippen molar-refractivity contribution in [3.05, 3.63) is 64.0 Å². The number of benzene rings is 2. The third-order valence-electron chi connectivity index (χ3n) is 4.22. The Bertz CT molecular complexity index is 900. The van der Waals surface area contributed by atoms with Crippen molar-refractivity contribution in [3.8, 4) is 5.75 Å². The van der Waals surface area contributed by atoms with Gasteiger partial charge in [-0.25, -0.2) is 9.18 Å². The highest BCUT2D eigenvalue weighted by Crippen LogP contribution is 2.30. The quantitative estimate of drug-likeness (QED) is 0.429. The number of anilines is 1. The molecule has 1 aliphatic rings. The van der Waals surface area contributed by atoms with E-state index in [-0.39, 0.29) is 5.69 Å². The van der Waals surface area contributed by atoms with Crippen LogP contribution in [-0.2, 0) is 20.7 Å². The van der Waals surface area contributed by atoms with Crippen LogP contribution in [0.25, 0.3) is 0 Å². The van der Waals surface area contributed by atoms with Gasteiger partial charge in [-0.2, -0.15) is 0 Å². The first-order valence-corrected chi connectivity index (χ1v) is 8.56. The van der Waals surface area contributed by atoms with Crippen LogP contribution < -0.4 is 9.64 Å². The first kappa shape index (κ1) is 19.3. The van der Waals surface area contributed by atoms with Gasteiger partial charge in [0.05, 0.1) is 4.92 Å². The van der Waals surface area contributed by atoms with Crippen molar-refractivity contribution in [1.82, 2.24) is 0 Å². The van der Waals surface area contributed by atoms with E-state index in [9.17, 15) is 24.1 Å². The van der Waals surface area contributed by atoms with Gasteiger partial charge in [-0.15, -0.1) is 0 Å². The highest BCUT2D eigenvalue weighted by Gasteiger charge is 2.25. The van der Waals surface area contributed by atoms with E-state index in [0.29, 0.717) is 36.4 Å². The zero-order valence-electron chi connectivity index (χ0n) is 14.8. The first-order valence-electron chi connectivity index (χ1n) is 8.56. The van der Waals surface area contributed by atoms with E-state index in [1.165, 1.54) is 47.4 Å². The van der Waals surface area contributed by atoms with E-state index >= 15 is 0 Å². The molecular weight excluding hydrogens is 371 g/mol. The predicted octanol–water partition coefficient (Wildman–Crippen LogP) is 2.64. The van der Waals surface area contributed by atoms with Crippen LogP contribution in [0.3, 0.4) is 0 Å². The first-order chi connectivity index (χ1) is 13.4. The molecular formula is C19H17FN2O6. The third kappa shape index (κ3) is 4.61. The van der Waals surface area contributed by atoms with Crippen molar-refractivity contribution in [2.75, 3.05) is 24.7 Å². The molecule has 0 spiro atoms. The Kier molecular flexibility index (Phi) is 5.83. The Morgan fingerprint density at radius 2 is 1.89 bits per heavy atom. The molecule has 0 unspecified atom stereocenters. The second-order valence-electron chi connectivity index (χ2n) is 6.12. The number of fused-ring (bicyclic) bond motifs is 1. The molecule has 0 aromatic heterocycles. The standard InChI is InChI=1S/C19H17FN2O6/c20-14-3-6-16(7-4-14)27-12-19(24)28-11-18(23)21-9-1-2-13-10-15(22(25)26)5-8-17(13)21/h3-8,10H,1-2,9,11-12H2. The van der Waals surface area contributed by atoms with Crippen molar-refractivity contribution >= 4 is 23.3 Å².